The van der Waals surface area contributed by atoms with Gasteiger partial charge in [-0.05, 0) is 17.7 Å². The highest BCUT2D eigenvalue weighted by Gasteiger charge is 2.33. The molecule has 0 saturated heterocycles. The Kier molecular flexibility index (Phi) is 4.76. The maximum atomic E-state index is 12.9. The number of hydrogen-bond donors (Lipinski definition) is 0. The van der Waals surface area contributed by atoms with Gasteiger partial charge in [0.2, 0.25) is 5.91 Å². The van der Waals surface area contributed by atoms with E-state index in [4.69, 9.17) is 4.98 Å². The van der Waals surface area contributed by atoms with Crippen LogP contribution in [0.25, 0.3) is 10.2 Å². The van der Waals surface area contributed by atoms with Gasteiger partial charge in [-0.15, -0.1) is 17.9 Å². The molecule has 0 bridgehead atoms. The van der Waals surface area contributed by atoms with Gasteiger partial charge in [0.15, 0.2) is 0 Å². The molecule has 3 aromatic rings. The van der Waals surface area contributed by atoms with Gasteiger partial charge >= 0.3 is 0 Å². The lowest BCUT2D eigenvalue weighted by atomic mass is 9.85. The molecule has 0 aliphatic heterocycles. The molecule has 2 aromatic carbocycles. The molecule has 122 valence electrons. The predicted octanol–water partition coefficient (Wildman–Crippen LogP) is 4.44. The lowest BCUT2D eigenvalue weighted by Gasteiger charge is -2.25. The minimum absolute atomic E-state index is 0.0443. The number of allylic oxidation sites excluding steroid dienone is 1. The van der Waals surface area contributed by atoms with Crippen LogP contribution < -0.4 is 0 Å². The lowest BCUT2D eigenvalue weighted by molar-refractivity contribution is -0.130. The molecular formula is C20H20N2OS. The summed E-state index contributed by atoms with van der Waals surface area (Å²) in [6, 6.07) is 18.0. The zero-order valence-corrected chi connectivity index (χ0v) is 14.7. The quantitative estimate of drug-likeness (QED) is 0.646. The van der Waals surface area contributed by atoms with Crippen molar-refractivity contribution in [3.8, 4) is 0 Å². The van der Waals surface area contributed by atoms with Crippen molar-refractivity contribution in [3.05, 3.63) is 77.8 Å². The van der Waals surface area contributed by atoms with Gasteiger partial charge in [-0.3, -0.25) is 4.79 Å². The SMILES string of the molecule is C=C[C@H](c1ccccc1)[C@@H](C(=O)N(C)C)c1nc2ccccc2s1. The maximum Gasteiger partial charge on any atom is 0.233 e. The third kappa shape index (κ3) is 3.10. The van der Waals surface area contributed by atoms with Gasteiger partial charge in [-0.2, -0.15) is 0 Å². The molecule has 3 nitrogen and oxygen atoms in total. The minimum Gasteiger partial charge on any atom is -0.348 e. The van der Waals surface area contributed by atoms with E-state index in [0.717, 1.165) is 20.8 Å². The summed E-state index contributed by atoms with van der Waals surface area (Å²) < 4.78 is 1.10. The second-order valence-electron chi connectivity index (χ2n) is 5.90. The molecule has 0 aliphatic carbocycles. The van der Waals surface area contributed by atoms with Crippen molar-refractivity contribution in [2.45, 2.75) is 11.8 Å². The molecule has 24 heavy (non-hydrogen) atoms. The number of thiazole rings is 1. The number of para-hydroxylation sites is 1. The molecule has 0 spiro atoms. The number of nitrogens with zero attached hydrogens (tertiary/aromatic N) is 2. The summed E-state index contributed by atoms with van der Waals surface area (Å²) in [6.07, 6.45) is 1.85. The van der Waals surface area contributed by atoms with Crippen molar-refractivity contribution < 1.29 is 4.79 Å². The molecule has 0 N–H and O–H groups in total. The second kappa shape index (κ2) is 6.97. The predicted molar refractivity (Wildman–Crippen MR) is 100 cm³/mol. The smallest absolute Gasteiger partial charge is 0.233 e. The number of likely N-dealkylation sites (N-methyl/N-ethyl adjacent to an activating group) is 1. The zero-order chi connectivity index (χ0) is 17.1. The average molecular weight is 336 g/mol. The van der Waals surface area contributed by atoms with E-state index in [-0.39, 0.29) is 17.7 Å². The summed E-state index contributed by atoms with van der Waals surface area (Å²) in [5.74, 6) is -0.429. The Bertz CT molecular complexity index is 821. The van der Waals surface area contributed by atoms with Crippen molar-refractivity contribution in [2.24, 2.45) is 0 Å². The standard InChI is InChI=1S/C20H20N2OS/c1-4-15(14-10-6-5-7-11-14)18(20(23)22(2)3)19-21-16-12-8-9-13-17(16)24-19/h4-13,15,18H,1H2,2-3H3/t15-,18-/m1/s1. The van der Waals surface area contributed by atoms with E-state index in [1.165, 1.54) is 0 Å². The largest absolute Gasteiger partial charge is 0.348 e. The third-order valence-electron chi connectivity index (χ3n) is 4.08. The Morgan fingerprint density at radius 2 is 1.79 bits per heavy atom. The number of aromatic nitrogens is 1. The average Bonchev–Trinajstić information content (AvgIpc) is 3.03. The monoisotopic (exact) mass is 336 g/mol. The molecule has 0 saturated carbocycles. The molecule has 1 amide bonds. The number of carbonyl (C=O) groups is 1. The first-order valence-corrected chi connectivity index (χ1v) is 8.67. The van der Waals surface area contributed by atoms with Crippen molar-refractivity contribution in [1.82, 2.24) is 9.88 Å². The number of amides is 1. The normalized spacial score (nSPS) is 13.4. The van der Waals surface area contributed by atoms with E-state index < -0.39 is 0 Å². The Balaban J connectivity index is 2.12. The fourth-order valence-corrected chi connectivity index (χ4v) is 3.96. The van der Waals surface area contributed by atoms with Crippen LogP contribution in [0.5, 0.6) is 0 Å². The lowest BCUT2D eigenvalue weighted by Crippen LogP contribution is -2.31. The molecule has 3 rings (SSSR count). The van der Waals surface area contributed by atoms with Crippen molar-refractivity contribution in [2.75, 3.05) is 14.1 Å². The Morgan fingerprint density at radius 1 is 1.12 bits per heavy atom. The number of hydrogen-bond acceptors (Lipinski definition) is 3. The summed E-state index contributed by atoms with van der Waals surface area (Å²) >= 11 is 1.58. The number of rotatable bonds is 5. The van der Waals surface area contributed by atoms with Gasteiger partial charge in [0.25, 0.3) is 0 Å². The first kappa shape index (κ1) is 16.4. The van der Waals surface area contributed by atoms with E-state index in [0.29, 0.717) is 0 Å². The van der Waals surface area contributed by atoms with Crippen molar-refractivity contribution in [3.63, 3.8) is 0 Å². The molecule has 1 aromatic heterocycles. The Hall–Kier alpha value is -2.46. The van der Waals surface area contributed by atoms with Gasteiger partial charge in [0, 0.05) is 20.0 Å². The Morgan fingerprint density at radius 3 is 2.42 bits per heavy atom. The van der Waals surface area contributed by atoms with Crippen LogP contribution in [0, 0.1) is 0 Å². The summed E-state index contributed by atoms with van der Waals surface area (Å²) in [6.45, 7) is 3.99. The summed E-state index contributed by atoms with van der Waals surface area (Å²) in [5, 5.41) is 0.837. The Labute approximate surface area is 146 Å². The fourth-order valence-electron chi connectivity index (χ4n) is 2.85. The number of carbonyl (C=O) groups excluding carboxylic acids is 1. The minimum atomic E-state index is -0.364. The van der Waals surface area contributed by atoms with Crippen LogP contribution in [0.15, 0.2) is 67.3 Å². The number of benzene rings is 2. The van der Waals surface area contributed by atoms with E-state index in [2.05, 4.69) is 6.58 Å². The molecule has 0 unspecified atom stereocenters. The van der Waals surface area contributed by atoms with Crippen LogP contribution >= 0.6 is 11.3 Å². The highest BCUT2D eigenvalue weighted by Crippen LogP contribution is 2.38. The zero-order valence-electron chi connectivity index (χ0n) is 13.8. The van der Waals surface area contributed by atoms with Crippen LogP contribution in [0.3, 0.4) is 0 Å². The highest BCUT2D eigenvalue weighted by atomic mass is 32.1. The van der Waals surface area contributed by atoms with E-state index in [1.54, 1.807) is 30.3 Å². The topological polar surface area (TPSA) is 33.2 Å². The molecule has 0 radical (unpaired) electrons. The third-order valence-corrected chi connectivity index (χ3v) is 5.20. The van der Waals surface area contributed by atoms with Crippen LogP contribution in [0.4, 0.5) is 0 Å². The van der Waals surface area contributed by atoms with E-state index in [9.17, 15) is 4.79 Å². The summed E-state index contributed by atoms with van der Waals surface area (Å²) in [5.41, 5.74) is 2.01. The van der Waals surface area contributed by atoms with Crippen molar-refractivity contribution in [1.29, 1.82) is 0 Å². The molecule has 0 fully saturated rings. The molecular weight excluding hydrogens is 316 g/mol. The van der Waals surface area contributed by atoms with Gasteiger partial charge in [-0.25, -0.2) is 4.98 Å². The summed E-state index contributed by atoms with van der Waals surface area (Å²) in [7, 11) is 3.57. The van der Waals surface area contributed by atoms with Gasteiger partial charge in [-0.1, -0.05) is 48.5 Å². The molecule has 0 aliphatic rings. The number of fused-ring (bicyclic) bond motifs is 1. The van der Waals surface area contributed by atoms with Crippen LogP contribution in [0.1, 0.15) is 22.4 Å². The second-order valence-corrected chi connectivity index (χ2v) is 6.96. The van der Waals surface area contributed by atoms with Crippen LogP contribution in [-0.4, -0.2) is 29.9 Å². The van der Waals surface area contributed by atoms with Crippen LogP contribution in [0.2, 0.25) is 0 Å². The van der Waals surface area contributed by atoms with Gasteiger partial charge < -0.3 is 4.90 Å². The fraction of sp³-hybridized carbons (Fsp3) is 0.200. The first-order chi connectivity index (χ1) is 11.6. The van der Waals surface area contributed by atoms with E-state index in [1.807, 2.05) is 60.7 Å². The van der Waals surface area contributed by atoms with Gasteiger partial charge in [0.1, 0.15) is 10.9 Å². The van der Waals surface area contributed by atoms with Crippen LogP contribution in [-0.2, 0) is 4.79 Å². The molecule has 4 heteroatoms. The maximum absolute atomic E-state index is 12.9. The highest BCUT2D eigenvalue weighted by molar-refractivity contribution is 7.18. The van der Waals surface area contributed by atoms with E-state index >= 15 is 0 Å². The van der Waals surface area contributed by atoms with Crippen molar-refractivity contribution >= 4 is 27.5 Å². The molecule has 2 atom stereocenters. The summed E-state index contributed by atoms with van der Waals surface area (Å²) in [4.78, 5) is 19.3. The molecule has 1 heterocycles. The first-order valence-electron chi connectivity index (χ1n) is 7.86. The van der Waals surface area contributed by atoms with Gasteiger partial charge in [0.05, 0.1) is 10.2 Å².